The summed E-state index contributed by atoms with van der Waals surface area (Å²) < 4.78 is 8.51. The summed E-state index contributed by atoms with van der Waals surface area (Å²) in [6.07, 6.45) is 0. The average Bonchev–Trinajstić information content (AvgIpc) is 3.12. The van der Waals surface area contributed by atoms with Crippen LogP contribution >= 0.6 is 23.1 Å². The first-order chi connectivity index (χ1) is 12.1. The van der Waals surface area contributed by atoms with Crippen LogP contribution in [0.4, 0.5) is 5.69 Å². The molecule has 0 aliphatic rings. The number of benzene rings is 2. The van der Waals surface area contributed by atoms with Crippen molar-refractivity contribution in [2.75, 3.05) is 12.4 Å². The first-order valence-electron chi connectivity index (χ1n) is 7.16. The van der Waals surface area contributed by atoms with Gasteiger partial charge in [-0.05, 0) is 47.9 Å². The van der Waals surface area contributed by atoms with Crippen LogP contribution in [0.1, 0.15) is 20.0 Å². The molecule has 0 saturated carbocycles. The summed E-state index contributed by atoms with van der Waals surface area (Å²) >= 11 is 6.89. The summed E-state index contributed by atoms with van der Waals surface area (Å²) in [5, 5.41) is 7.39. The van der Waals surface area contributed by atoms with E-state index in [1.807, 2.05) is 0 Å². The van der Waals surface area contributed by atoms with Crippen molar-refractivity contribution in [3.8, 4) is 11.3 Å². The van der Waals surface area contributed by atoms with E-state index in [0.29, 0.717) is 26.8 Å². The third-order valence-corrected chi connectivity index (χ3v) is 4.35. The predicted molar refractivity (Wildman–Crippen MR) is 96.1 cm³/mol. The zero-order chi connectivity index (χ0) is 17.8. The number of hydrogen-bond acceptors (Lipinski definition) is 6. The molecule has 0 radical (unpaired) electrons. The standard InChI is InChI=1S/C17H12ClN3O3S/c1-24-17(23)11-4-8-13(9-5-11)19-16(22)15-14(20-21-25-15)10-2-6-12(18)7-3-10/h2-9H,1H3,(H,19,22). The number of nitrogens with one attached hydrogen (secondary N) is 1. The van der Waals surface area contributed by atoms with Crippen LogP contribution in [0.15, 0.2) is 48.5 Å². The Morgan fingerprint density at radius 3 is 2.40 bits per heavy atom. The third-order valence-electron chi connectivity index (χ3n) is 3.38. The van der Waals surface area contributed by atoms with E-state index < -0.39 is 5.97 Å². The number of nitrogens with zero attached hydrogens (tertiary/aromatic N) is 2. The van der Waals surface area contributed by atoms with Crippen molar-refractivity contribution in [3.05, 3.63) is 64.0 Å². The molecule has 1 amide bonds. The highest BCUT2D eigenvalue weighted by atomic mass is 35.5. The summed E-state index contributed by atoms with van der Waals surface area (Å²) in [5.74, 6) is -0.764. The van der Waals surface area contributed by atoms with Gasteiger partial charge < -0.3 is 10.1 Å². The molecule has 0 unspecified atom stereocenters. The van der Waals surface area contributed by atoms with Gasteiger partial charge in [-0.25, -0.2) is 4.79 Å². The number of carbonyl (C=O) groups is 2. The average molecular weight is 374 g/mol. The first kappa shape index (κ1) is 17.1. The molecule has 0 fully saturated rings. The smallest absolute Gasteiger partial charge is 0.337 e. The van der Waals surface area contributed by atoms with E-state index in [9.17, 15) is 9.59 Å². The summed E-state index contributed by atoms with van der Waals surface area (Å²) in [7, 11) is 1.31. The number of aromatic nitrogens is 2. The molecule has 8 heteroatoms. The monoisotopic (exact) mass is 373 g/mol. The van der Waals surface area contributed by atoms with Crippen molar-refractivity contribution in [3.63, 3.8) is 0 Å². The lowest BCUT2D eigenvalue weighted by Crippen LogP contribution is -2.11. The van der Waals surface area contributed by atoms with Crippen LogP contribution in [0.25, 0.3) is 11.3 Å². The maximum atomic E-state index is 12.5. The van der Waals surface area contributed by atoms with Crippen LogP contribution in [0.5, 0.6) is 0 Å². The Kier molecular flexibility index (Phi) is 5.06. The van der Waals surface area contributed by atoms with Gasteiger partial charge >= 0.3 is 5.97 Å². The van der Waals surface area contributed by atoms with Gasteiger partial charge in [-0.2, -0.15) is 0 Å². The molecule has 0 aliphatic heterocycles. The van der Waals surface area contributed by atoms with Gasteiger partial charge in [0.1, 0.15) is 10.6 Å². The Bertz CT molecular complexity index is 908. The lowest BCUT2D eigenvalue weighted by molar-refractivity contribution is 0.0600. The molecule has 2 aromatic carbocycles. The number of methoxy groups -OCH3 is 1. The van der Waals surface area contributed by atoms with Gasteiger partial charge in [-0.1, -0.05) is 28.2 Å². The Hall–Kier alpha value is -2.77. The number of carbonyl (C=O) groups excluding carboxylic acids is 2. The minimum absolute atomic E-state index is 0.328. The van der Waals surface area contributed by atoms with E-state index in [1.54, 1.807) is 48.5 Å². The fraction of sp³-hybridized carbons (Fsp3) is 0.0588. The molecule has 25 heavy (non-hydrogen) atoms. The number of halogens is 1. The van der Waals surface area contributed by atoms with Gasteiger partial charge in [0, 0.05) is 16.3 Å². The van der Waals surface area contributed by atoms with Crippen molar-refractivity contribution < 1.29 is 14.3 Å². The Morgan fingerprint density at radius 1 is 1.08 bits per heavy atom. The molecule has 0 bridgehead atoms. The molecule has 0 saturated heterocycles. The van der Waals surface area contributed by atoms with Crippen LogP contribution in [-0.4, -0.2) is 28.6 Å². The number of anilines is 1. The number of esters is 1. The maximum Gasteiger partial charge on any atom is 0.337 e. The lowest BCUT2D eigenvalue weighted by Gasteiger charge is -2.06. The van der Waals surface area contributed by atoms with E-state index in [4.69, 9.17) is 11.6 Å². The molecule has 1 N–H and O–H groups in total. The van der Waals surface area contributed by atoms with Crippen LogP contribution in [0, 0.1) is 0 Å². The maximum absolute atomic E-state index is 12.5. The highest BCUT2D eigenvalue weighted by Crippen LogP contribution is 2.26. The molecule has 3 rings (SSSR count). The summed E-state index contributed by atoms with van der Waals surface area (Å²) in [6, 6.07) is 13.4. The lowest BCUT2D eigenvalue weighted by atomic mass is 10.1. The molecule has 0 atom stereocenters. The van der Waals surface area contributed by atoms with E-state index in [0.717, 1.165) is 17.1 Å². The molecule has 0 aliphatic carbocycles. The van der Waals surface area contributed by atoms with Gasteiger partial charge in [0.05, 0.1) is 12.7 Å². The number of amides is 1. The van der Waals surface area contributed by atoms with Crippen molar-refractivity contribution in [1.82, 2.24) is 9.59 Å². The molecule has 1 heterocycles. The molecular weight excluding hydrogens is 362 g/mol. The van der Waals surface area contributed by atoms with Gasteiger partial charge in [-0.3, -0.25) is 4.79 Å². The van der Waals surface area contributed by atoms with Crippen LogP contribution in [0.2, 0.25) is 5.02 Å². The van der Waals surface area contributed by atoms with Crippen LogP contribution < -0.4 is 5.32 Å². The van der Waals surface area contributed by atoms with Gasteiger partial charge in [-0.15, -0.1) is 5.10 Å². The zero-order valence-electron chi connectivity index (χ0n) is 13.0. The van der Waals surface area contributed by atoms with E-state index in [-0.39, 0.29) is 5.91 Å². The fourth-order valence-corrected chi connectivity index (χ4v) is 2.84. The highest BCUT2D eigenvalue weighted by molar-refractivity contribution is 7.08. The van der Waals surface area contributed by atoms with Crippen molar-refractivity contribution in [2.24, 2.45) is 0 Å². The second kappa shape index (κ2) is 7.42. The van der Waals surface area contributed by atoms with E-state index in [1.165, 1.54) is 7.11 Å². The molecule has 1 aromatic heterocycles. The van der Waals surface area contributed by atoms with Crippen molar-refractivity contribution >= 4 is 40.7 Å². The van der Waals surface area contributed by atoms with Crippen LogP contribution in [-0.2, 0) is 4.74 Å². The number of ether oxygens (including phenoxy) is 1. The quantitative estimate of drug-likeness (QED) is 0.701. The predicted octanol–water partition coefficient (Wildman–Crippen LogP) is 3.90. The largest absolute Gasteiger partial charge is 0.465 e. The highest BCUT2D eigenvalue weighted by Gasteiger charge is 2.18. The molecule has 0 spiro atoms. The summed E-state index contributed by atoms with van der Waals surface area (Å²) in [4.78, 5) is 24.3. The first-order valence-corrected chi connectivity index (χ1v) is 8.31. The van der Waals surface area contributed by atoms with E-state index in [2.05, 4.69) is 19.6 Å². The van der Waals surface area contributed by atoms with Gasteiger partial charge in [0.15, 0.2) is 0 Å². The SMILES string of the molecule is COC(=O)c1ccc(NC(=O)c2snnc2-c2ccc(Cl)cc2)cc1. The molecule has 3 aromatic rings. The summed E-state index contributed by atoms with van der Waals surface area (Å²) in [5.41, 5.74) is 2.20. The Morgan fingerprint density at radius 2 is 1.76 bits per heavy atom. The fourth-order valence-electron chi connectivity index (χ4n) is 2.13. The van der Waals surface area contributed by atoms with Gasteiger partial charge in [0.25, 0.3) is 5.91 Å². The molecular formula is C17H12ClN3O3S. The van der Waals surface area contributed by atoms with Crippen molar-refractivity contribution in [1.29, 1.82) is 0 Å². The second-order valence-corrected chi connectivity index (χ2v) is 6.17. The number of rotatable bonds is 4. The second-order valence-electron chi connectivity index (χ2n) is 4.98. The minimum Gasteiger partial charge on any atom is -0.465 e. The topological polar surface area (TPSA) is 81.2 Å². The Labute approximate surface area is 152 Å². The molecule has 126 valence electrons. The number of hydrogen-bond donors (Lipinski definition) is 1. The van der Waals surface area contributed by atoms with Gasteiger partial charge in [0.2, 0.25) is 0 Å². The van der Waals surface area contributed by atoms with E-state index >= 15 is 0 Å². The zero-order valence-corrected chi connectivity index (χ0v) is 14.6. The Balaban J connectivity index is 1.79. The normalized spacial score (nSPS) is 10.3. The van der Waals surface area contributed by atoms with Crippen molar-refractivity contribution in [2.45, 2.75) is 0 Å². The summed E-state index contributed by atoms with van der Waals surface area (Å²) in [6.45, 7) is 0. The minimum atomic E-state index is -0.436. The third kappa shape index (κ3) is 3.84. The molecule has 6 nitrogen and oxygen atoms in total. The van der Waals surface area contributed by atoms with Crippen LogP contribution in [0.3, 0.4) is 0 Å².